The number of hydrogen-bond donors (Lipinski definition) is 1. The number of aryl methyl sites for hydroxylation is 3. The Kier molecular flexibility index (Phi) is 7.47. The highest BCUT2D eigenvalue weighted by atomic mass is 32.2. The number of amides is 2. The molecule has 0 spiro atoms. The second-order valence-electron chi connectivity index (χ2n) is 8.71. The zero-order valence-electron chi connectivity index (χ0n) is 20.7. The monoisotopic (exact) mass is 497 g/mol. The SMILES string of the molecule is COc1ccc(C[C@H]2S/C(=C(/C#N)C(=O)Nc3ccc(C)cc3)N(c3ccc(C)c(C)c3)C2=O)cc1. The van der Waals surface area contributed by atoms with E-state index in [2.05, 4.69) is 11.4 Å². The van der Waals surface area contributed by atoms with Crippen molar-refractivity contribution in [1.82, 2.24) is 0 Å². The highest BCUT2D eigenvalue weighted by molar-refractivity contribution is 8.05. The summed E-state index contributed by atoms with van der Waals surface area (Å²) in [4.78, 5) is 28.4. The molecule has 1 saturated heterocycles. The average Bonchev–Trinajstić information content (AvgIpc) is 3.18. The number of methoxy groups -OCH3 is 1. The van der Waals surface area contributed by atoms with E-state index in [-0.39, 0.29) is 11.5 Å². The molecule has 1 aliphatic rings. The molecule has 182 valence electrons. The minimum atomic E-state index is -0.546. The van der Waals surface area contributed by atoms with E-state index < -0.39 is 11.2 Å². The van der Waals surface area contributed by atoms with Gasteiger partial charge in [0.2, 0.25) is 5.91 Å². The molecular formula is C29H27N3O3S. The van der Waals surface area contributed by atoms with Crippen molar-refractivity contribution < 1.29 is 14.3 Å². The molecule has 7 heteroatoms. The van der Waals surface area contributed by atoms with E-state index >= 15 is 0 Å². The summed E-state index contributed by atoms with van der Waals surface area (Å²) < 4.78 is 5.23. The summed E-state index contributed by atoms with van der Waals surface area (Å²) in [7, 11) is 1.61. The van der Waals surface area contributed by atoms with E-state index in [0.717, 1.165) is 28.0 Å². The lowest BCUT2D eigenvalue weighted by atomic mass is 10.1. The first-order chi connectivity index (χ1) is 17.3. The molecule has 1 heterocycles. The Hall–Kier alpha value is -4.02. The van der Waals surface area contributed by atoms with Crippen LogP contribution < -0.4 is 15.0 Å². The number of nitrogens with one attached hydrogen (secondary N) is 1. The summed E-state index contributed by atoms with van der Waals surface area (Å²) in [5, 5.41) is 12.7. The van der Waals surface area contributed by atoms with Gasteiger partial charge in [-0.15, -0.1) is 0 Å². The first kappa shape index (κ1) is 25.1. The fourth-order valence-corrected chi connectivity index (χ4v) is 5.20. The first-order valence-corrected chi connectivity index (χ1v) is 12.4. The van der Waals surface area contributed by atoms with Gasteiger partial charge in [0, 0.05) is 11.4 Å². The number of ether oxygens (including phenoxy) is 1. The van der Waals surface area contributed by atoms with E-state index in [1.165, 1.54) is 16.7 Å². The zero-order chi connectivity index (χ0) is 25.8. The Morgan fingerprint density at radius 1 is 1.03 bits per heavy atom. The van der Waals surface area contributed by atoms with Gasteiger partial charge in [-0.25, -0.2) is 0 Å². The van der Waals surface area contributed by atoms with Crippen LogP contribution in [0.2, 0.25) is 0 Å². The van der Waals surface area contributed by atoms with Crippen molar-refractivity contribution in [2.45, 2.75) is 32.4 Å². The van der Waals surface area contributed by atoms with Gasteiger partial charge in [-0.05, 0) is 80.3 Å². The van der Waals surface area contributed by atoms with Gasteiger partial charge in [-0.2, -0.15) is 5.26 Å². The number of carbonyl (C=O) groups is 2. The third kappa shape index (κ3) is 5.29. The molecule has 3 aromatic carbocycles. The third-order valence-electron chi connectivity index (χ3n) is 6.14. The number of anilines is 2. The lowest BCUT2D eigenvalue weighted by Crippen LogP contribution is -2.31. The third-order valence-corrected chi connectivity index (χ3v) is 7.41. The van der Waals surface area contributed by atoms with Gasteiger partial charge in [0.15, 0.2) is 0 Å². The molecule has 4 rings (SSSR count). The Labute approximate surface area is 215 Å². The quantitative estimate of drug-likeness (QED) is 0.350. The second kappa shape index (κ2) is 10.7. The van der Waals surface area contributed by atoms with Crippen LogP contribution in [0.15, 0.2) is 77.3 Å². The molecule has 3 aromatic rings. The van der Waals surface area contributed by atoms with Gasteiger partial charge in [0.05, 0.1) is 12.4 Å². The maximum absolute atomic E-state index is 13.7. The Balaban J connectivity index is 1.72. The number of thioether (sulfide) groups is 1. The van der Waals surface area contributed by atoms with Crippen LogP contribution in [-0.4, -0.2) is 24.2 Å². The summed E-state index contributed by atoms with van der Waals surface area (Å²) in [5.74, 6) is 0.0292. The van der Waals surface area contributed by atoms with E-state index in [0.29, 0.717) is 22.8 Å². The van der Waals surface area contributed by atoms with E-state index in [1.807, 2.05) is 75.4 Å². The summed E-state index contributed by atoms with van der Waals surface area (Å²) >= 11 is 1.25. The topological polar surface area (TPSA) is 82.4 Å². The summed E-state index contributed by atoms with van der Waals surface area (Å²) in [6, 6.07) is 22.6. The minimum Gasteiger partial charge on any atom is -0.497 e. The van der Waals surface area contributed by atoms with Crippen LogP contribution in [0.25, 0.3) is 0 Å². The summed E-state index contributed by atoms with van der Waals surface area (Å²) in [6.07, 6.45) is 0.455. The van der Waals surface area contributed by atoms with Crippen LogP contribution in [-0.2, 0) is 16.0 Å². The van der Waals surface area contributed by atoms with Crippen molar-refractivity contribution in [2.24, 2.45) is 0 Å². The van der Waals surface area contributed by atoms with E-state index in [1.54, 1.807) is 19.2 Å². The lowest BCUT2D eigenvalue weighted by Gasteiger charge is -2.20. The molecule has 1 N–H and O–H groups in total. The molecule has 0 unspecified atom stereocenters. The van der Waals surface area contributed by atoms with Crippen molar-refractivity contribution >= 4 is 35.0 Å². The van der Waals surface area contributed by atoms with Gasteiger partial charge in [-0.1, -0.05) is 47.7 Å². The standard InChI is InChI=1S/C29H27N3O3S/c1-18-5-10-22(11-6-18)31-27(33)25(17-30)29-32(23-12-7-19(2)20(3)15-23)28(34)26(36-29)16-21-8-13-24(35-4)14-9-21/h5-15,26H,16H2,1-4H3,(H,31,33)/b29-25-/t26-/m1/s1. The fraction of sp³-hybridized carbons (Fsp3) is 0.207. The number of benzene rings is 3. The summed E-state index contributed by atoms with van der Waals surface area (Å²) in [5.41, 5.74) is 5.27. The highest BCUT2D eigenvalue weighted by Crippen LogP contribution is 2.42. The molecule has 0 aliphatic carbocycles. The molecule has 1 atom stereocenters. The molecule has 6 nitrogen and oxygen atoms in total. The maximum atomic E-state index is 13.7. The second-order valence-corrected chi connectivity index (χ2v) is 9.90. The summed E-state index contributed by atoms with van der Waals surface area (Å²) in [6.45, 7) is 5.93. The molecule has 0 radical (unpaired) electrons. The van der Waals surface area contributed by atoms with Crippen LogP contribution in [0.1, 0.15) is 22.3 Å². The molecule has 36 heavy (non-hydrogen) atoms. The van der Waals surface area contributed by atoms with Gasteiger partial charge in [0.25, 0.3) is 5.91 Å². The lowest BCUT2D eigenvalue weighted by molar-refractivity contribution is -0.117. The molecular weight excluding hydrogens is 470 g/mol. The van der Waals surface area contributed by atoms with Crippen LogP contribution in [0, 0.1) is 32.1 Å². The van der Waals surface area contributed by atoms with Gasteiger partial charge in [0.1, 0.15) is 22.4 Å². The normalized spacial score (nSPS) is 16.5. The molecule has 0 saturated carbocycles. The Morgan fingerprint density at radius 2 is 1.72 bits per heavy atom. The van der Waals surface area contributed by atoms with Crippen LogP contribution in [0.4, 0.5) is 11.4 Å². The van der Waals surface area contributed by atoms with Crippen LogP contribution in [0.5, 0.6) is 5.75 Å². The van der Waals surface area contributed by atoms with Crippen molar-refractivity contribution in [2.75, 3.05) is 17.3 Å². The van der Waals surface area contributed by atoms with Gasteiger partial charge in [-0.3, -0.25) is 14.5 Å². The average molecular weight is 498 g/mol. The first-order valence-electron chi connectivity index (χ1n) is 11.5. The number of hydrogen-bond acceptors (Lipinski definition) is 5. The smallest absolute Gasteiger partial charge is 0.269 e. The highest BCUT2D eigenvalue weighted by Gasteiger charge is 2.41. The van der Waals surface area contributed by atoms with Crippen LogP contribution in [0.3, 0.4) is 0 Å². The number of nitriles is 1. The van der Waals surface area contributed by atoms with Crippen molar-refractivity contribution in [1.29, 1.82) is 5.26 Å². The maximum Gasteiger partial charge on any atom is 0.269 e. The molecule has 1 fully saturated rings. The molecule has 2 amide bonds. The Bertz CT molecular complexity index is 1370. The predicted molar refractivity (Wildman–Crippen MR) is 144 cm³/mol. The minimum absolute atomic E-state index is 0.0932. The van der Waals surface area contributed by atoms with E-state index in [9.17, 15) is 14.9 Å². The number of carbonyl (C=O) groups excluding carboxylic acids is 2. The fourth-order valence-electron chi connectivity index (χ4n) is 3.89. The van der Waals surface area contributed by atoms with Gasteiger partial charge < -0.3 is 10.1 Å². The van der Waals surface area contributed by atoms with Crippen molar-refractivity contribution in [3.05, 3.63) is 99.6 Å². The number of rotatable bonds is 6. The Morgan fingerprint density at radius 3 is 2.33 bits per heavy atom. The van der Waals surface area contributed by atoms with Crippen molar-refractivity contribution in [3.63, 3.8) is 0 Å². The zero-order valence-corrected chi connectivity index (χ0v) is 21.5. The largest absolute Gasteiger partial charge is 0.497 e. The molecule has 1 aliphatic heterocycles. The number of nitrogens with zero attached hydrogens (tertiary/aromatic N) is 2. The van der Waals surface area contributed by atoms with Gasteiger partial charge >= 0.3 is 0 Å². The van der Waals surface area contributed by atoms with Crippen molar-refractivity contribution in [3.8, 4) is 11.8 Å². The molecule has 0 bridgehead atoms. The molecule has 0 aromatic heterocycles. The predicted octanol–water partition coefficient (Wildman–Crippen LogP) is 5.69. The van der Waals surface area contributed by atoms with Crippen LogP contribution >= 0.6 is 11.8 Å². The van der Waals surface area contributed by atoms with E-state index in [4.69, 9.17) is 4.74 Å².